The number of piperazine rings is 1. The minimum atomic E-state index is -0.436. The molecule has 3 heterocycles. The van der Waals surface area contributed by atoms with Crippen molar-refractivity contribution in [2.75, 3.05) is 37.6 Å². The Morgan fingerprint density at radius 3 is 2.67 bits per heavy atom. The number of anilines is 1. The first-order chi connectivity index (χ1) is 16.1. The van der Waals surface area contributed by atoms with E-state index in [-0.39, 0.29) is 18.0 Å². The molecule has 2 aromatic heterocycles. The molecule has 1 saturated heterocycles. The van der Waals surface area contributed by atoms with Crippen molar-refractivity contribution in [3.63, 3.8) is 0 Å². The van der Waals surface area contributed by atoms with Crippen LogP contribution in [-0.4, -0.2) is 48.4 Å². The van der Waals surface area contributed by atoms with E-state index in [2.05, 4.69) is 14.8 Å². The molecule has 0 bridgehead atoms. The number of carbonyl (C=O) groups is 1. The van der Waals surface area contributed by atoms with Crippen molar-refractivity contribution < 1.29 is 13.6 Å². The number of Topliss-reactive ketones (excluding diaryl/α,β-unsaturated/α-hetero) is 1. The highest BCUT2D eigenvalue weighted by molar-refractivity contribution is 5.92. The highest BCUT2D eigenvalue weighted by Crippen LogP contribution is 2.26. The van der Waals surface area contributed by atoms with Crippen molar-refractivity contribution >= 4 is 33.3 Å². The predicted octanol–water partition coefficient (Wildman–Crippen LogP) is 3.80. The standard InChI is InChI=1S/C26H24FN3O3/c27-20-6-5-18-7-9-28-26(23(18)17-20)30-13-11-29(12-14-30)10-8-21(31)15-19-16-25(32)33-24-4-2-1-3-22(19)24/h1-7,9,16-17H,8,10-15H2. The molecular formula is C26H24FN3O3. The average Bonchev–Trinajstić information content (AvgIpc) is 2.82. The van der Waals surface area contributed by atoms with Crippen LogP contribution in [0.4, 0.5) is 10.2 Å². The molecule has 168 valence electrons. The molecule has 1 aliphatic heterocycles. The minimum Gasteiger partial charge on any atom is -0.423 e. The van der Waals surface area contributed by atoms with Gasteiger partial charge in [0.05, 0.1) is 0 Å². The first kappa shape index (κ1) is 21.3. The Bertz CT molecular complexity index is 1380. The molecule has 7 heteroatoms. The van der Waals surface area contributed by atoms with E-state index >= 15 is 0 Å². The smallest absolute Gasteiger partial charge is 0.336 e. The van der Waals surface area contributed by atoms with Crippen molar-refractivity contribution in [3.8, 4) is 0 Å². The summed E-state index contributed by atoms with van der Waals surface area (Å²) in [6.45, 7) is 3.81. The summed E-state index contributed by atoms with van der Waals surface area (Å²) in [6, 6.07) is 15.4. The summed E-state index contributed by atoms with van der Waals surface area (Å²) in [5.74, 6) is 0.634. The normalized spacial score (nSPS) is 14.8. The number of halogens is 1. The molecule has 0 spiro atoms. The number of nitrogens with zero attached hydrogens (tertiary/aromatic N) is 3. The maximum Gasteiger partial charge on any atom is 0.336 e. The zero-order valence-corrected chi connectivity index (χ0v) is 18.2. The molecule has 5 rings (SSSR count). The molecule has 1 fully saturated rings. The first-order valence-electron chi connectivity index (χ1n) is 11.1. The Morgan fingerprint density at radius 2 is 1.82 bits per heavy atom. The summed E-state index contributed by atoms with van der Waals surface area (Å²) in [5, 5.41) is 2.59. The Morgan fingerprint density at radius 1 is 1.00 bits per heavy atom. The van der Waals surface area contributed by atoms with Crippen LogP contribution in [0.3, 0.4) is 0 Å². The Hall–Kier alpha value is -3.58. The van der Waals surface area contributed by atoms with Crippen molar-refractivity contribution in [1.29, 1.82) is 0 Å². The largest absolute Gasteiger partial charge is 0.423 e. The number of aromatic nitrogens is 1. The van der Waals surface area contributed by atoms with Crippen molar-refractivity contribution in [2.45, 2.75) is 12.8 Å². The fraction of sp³-hybridized carbons (Fsp3) is 0.269. The molecular weight excluding hydrogens is 421 g/mol. The summed E-state index contributed by atoms with van der Waals surface area (Å²) in [5.41, 5.74) is 0.784. The predicted molar refractivity (Wildman–Crippen MR) is 126 cm³/mol. The summed E-state index contributed by atoms with van der Waals surface area (Å²) in [7, 11) is 0. The van der Waals surface area contributed by atoms with Crippen LogP contribution in [0.2, 0.25) is 0 Å². The fourth-order valence-corrected chi connectivity index (χ4v) is 4.47. The van der Waals surface area contributed by atoms with Crippen LogP contribution in [0.25, 0.3) is 21.7 Å². The van der Waals surface area contributed by atoms with Crippen LogP contribution in [0.15, 0.2) is 70.0 Å². The van der Waals surface area contributed by atoms with Gasteiger partial charge in [-0.1, -0.05) is 24.3 Å². The molecule has 0 radical (unpaired) electrons. The number of ketones is 1. The third-order valence-electron chi connectivity index (χ3n) is 6.21. The van der Waals surface area contributed by atoms with E-state index in [1.54, 1.807) is 24.4 Å². The first-order valence-corrected chi connectivity index (χ1v) is 11.1. The minimum absolute atomic E-state index is 0.0966. The molecule has 0 aliphatic carbocycles. The van der Waals surface area contributed by atoms with E-state index in [0.717, 1.165) is 48.2 Å². The lowest BCUT2D eigenvalue weighted by Crippen LogP contribution is -2.47. The number of para-hydroxylation sites is 1. The van der Waals surface area contributed by atoms with Crippen LogP contribution in [0.5, 0.6) is 0 Å². The fourth-order valence-electron chi connectivity index (χ4n) is 4.47. The van der Waals surface area contributed by atoms with Gasteiger partial charge in [0.1, 0.15) is 23.0 Å². The van der Waals surface area contributed by atoms with Crippen molar-refractivity contribution in [1.82, 2.24) is 9.88 Å². The average molecular weight is 445 g/mol. The second-order valence-electron chi connectivity index (χ2n) is 8.38. The van der Waals surface area contributed by atoms with E-state index in [4.69, 9.17) is 4.42 Å². The zero-order valence-electron chi connectivity index (χ0n) is 18.2. The van der Waals surface area contributed by atoms with E-state index in [0.29, 0.717) is 24.1 Å². The highest BCUT2D eigenvalue weighted by Gasteiger charge is 2.20. The monoisotopic (exact) mass is 445 g/mol. The Labute approximate surface area is 190 Å². The lowest BCUT2D eigenvalue weighted by molar-refractivity contribution is -0.118. The third-order valence-corrected chi connectivity index (χ3v) is 6.21. The lowest BCUT2D eigenvalue weighted by atomic mass is 10.0. The molecule has 0 saturated carbocycles. The van der Waals surface area contributed by atoms with Gasteiger partial charge >= 0.3 is 5.63 Å². The number of carbonyl (C=O) groups excluding carboxylic acids is 1. The van der Waals surface area contributed by atoms with Crippen molar-refractivity contribution in [2.24, 2.45) is 0 Å². The van der Waals surface area contributed by atoms with Crippen LogP contribution >= 0.6 is 0 Å². The molecule has 1 aliphatic rings. The van der Waals surface area contributed by atoms with E-state index in [1.807, 2.05) is 18.2 Å². The molecule has 4 aromatic rings. The number of benzene rings is 2. The SMILES string of the molecule is O=C(CCN1CCN(c2nccc3ccc(F)cc23)CC1)Cc1cc(=O)oc2ccccc12. The quantitative estimate of drug-likeness (QED) is 0.421. The van der Waals surface area contributed by atoms with Gasteiger partial charge in [0.25, 0.3) is 0 Å². The molecule has 0 unspecified atom stereocenters. The summed E-state index contributed by atoms with van der Waals surface area (Å²) < 4.78 is 19.0. The topological polar surface area (TPSA) is 66.7 Å². The van der Waals surface area contributed by atoms with Gasteiger partial charge in [-0.3, -0.25) is 9.69 Å². The number of rotatable bonds is 6. The van der Waals surface area contributed by atoms with E-state index in [9.17, 15) is 14.0 Å². The van der Waals surface area contributed by atoms with Crippen molar-refractivity contribution in [3.05, 3.63) is 82.6 Å². The number of hydrogen-bond acceptors (Lipinski definition) is 6. The van der Waals surface area contributed by atoms with Gasteiger partial charge < -0.3 is 9.32 Å². The van der Waals surface area contributed by atoms with E-state index in [1.165, 1.54) is 18.2 Å². The molecule has 0 N–H and O–H groups in total. The Balaban J connectivity index is 1.19. The van der Waals surface area contributed by atoms with Gasteiger partial charge in [-0.2, -0.15) is 0 Å². The number of pyridine rings is 1. The van der Waals surface area contributed by atoms with Crippen LogP contribution in [0.1, 0.15) is 12.0 Å². The van der Waals surface area contributed by atoms with E-state index < -0.39 is 5.63 Å². The van der Waals surface area contributed by atoms with Gasteiger partial charge in [-0.25, -0.2) is 14.2 Å². The maximum atomic E-state index is 13.8. The second kappa shape index (κ2) is 9.11. The van der Waals surface area contributed by atoms with Gasteiger partial charge in [0, 0.05) is 68.6 Å². The third kappa shape index (κ3) is 4.64. The van der Waals surface area contributed by atoms with Crippen LogP contribution in [-0.2, 0) is 11.2 Å². The van der Waals surface area contributed by atoms with Gasteiger partial charge in [0.15, 0.2) is 0 Å². The summed E-state index contributed by atoms with van der Waals surface area (Å²) >= 11 is 0. The number of hydrogen-bond donors (Lipinski definition) is 0. The van der Waals surface area contributed by atoms with Crippen LogP contribution in [0, 0.1) is 5.82 Å². The van der Waals surface area contributed by atoms with Crippen LogP contribution < -0.4 is 10.5 Å². The molecule has 0 amide bonds. The maximum absolute atomic E-state index is 13.8. The van der Waals surface area contributed by atoms with Gasteiger partial charge in [0.2, 0.25) is 0 Å². The second-order valence-corrected chi connectivity index (χ2v) is 8.38. The number of fused-ring (bicyclic) bond motifs is 2. The zero-order chi connectivity index (χ0) is 22.8. The summed E-state index contributed by atoms with van der Waals surface area (Å²) in [4.78, 5) is 33.4. The lowest BCUT2D eigenvalue weighted by Gasteiger charge is -2.35. The summed E-state index contributed by atoms with van der Waals surface area (Å²) in [6.07, 6.45) is 2.40. The molecule has 6 nitrogen and oxygen atoms in total. The molecule has 33 heavy (non-hydrogen) atoms. The molecule has 0 atom stereocenters. The Kier molecular flexibility index (Phi) is 5.88. The van der Waals surface area contributed by atoms with Gasteiger partial charge in [-0.15, -0.1) is 0 Å². The van der Waals surface area contributed by atoms with Gasteiger partial charge in [-0.05, 0) is 35.2 Å². The highest BCUT2D eigenvalue weighted by atomic mass is 19.1. The molecule has 2 aromatic carbocycles.